The van der Waals surface area contributed by atoms with Crippen LogP contribution in [0, 0.1) is 0 Å². The SMILES string of the molecule is C=CCNc1nc2nc(N)c(C=C)c(-c3ccc(Br)cc3)c2s1. The molecule has 0 saturated heterocycles. The lowest BCUT2D eigenvalue weighted by Gasteiger charge is -2.09. The van der Waals surface area contributed by atoms with Gasteiger partial charge in [-0.05, 0) is 17.7 Å². The minimum atomic E-state index is 0.436. The van der Waals surface area contributed by atoms with Crippen molar-refractivity contribution in [1.29, 1.82) is 0 Å². The Morgan fingerprint density at radius 2 is 1.96 bits per heavy atom. The van der Waals surface area contributed by atoms with Crippen LogP contribution in [0.5, 0.6) is 0 Å². The molecule has 0 atom stereocenters. The van der Waals surface area contributed by atoms with Crippen molar-refractivity contribution in [3.63, 3.8) is 0 Å². The highest BCUT2D eigenvalue weighted by molar-refractivity contribution is 9.10. The van der Waals surface area contributed by atoms with Crippen LogP contribution in [0.3, 0.4) is 0 Å². The number of hydrogen-bond donors (Lipinski definition) is 2. The molecule has 2 aromatic heterocycles. The van der Waals surface area contributed by atoms with Gasteiger partial charge in [-0.3, -0.25) is 0 Å². The van der Waals surface area contributed by atoms with Crippen LogP contribution >= 0.6 is 27.3 Å². The molecule has 23 heavy (non-hydrogen) atoms. The molecule has 0 saturated carbocycles. The van der Waals surface area contributed by atoms with Gasteiger partial charge >= 0.3 is 0 Å². The predicted molar refractivity (Wildman–Crippen MR) is 104 cm³/mol. The highest BCUT2D eigenvalue weighted by atomic mass is 79.9. The van der Waals surface area contributed by atoms with Gasteiger partial charge in [0.1, 0.15) is 5.82 Å². The second-order valence-electron chi connectivity index (χ2n) is 4.84. The van der Waals surface area contributed by atoms with Gasteiger partial charge in [-0.15, -0.1) is 6.58 Å². The van der Waals surface area contributed by atoms with Gasteiger partial charge in [0.2, 0.25) is 0 Å². The van der Waals surface area contributed by atoms with Gasteiger partial charge in [-0.2, -0.15) is 0 Å². The maximum atomic E-state index is 6.11. The number of nitrogens with zero attached hydrogens (tertiary/aromatic N) is 2. The quantitative estimate of drug-likeness (QED) is 0.609. The fourth-order valence-corrected chi connectivity index (χ4v) is 3.58. The largest absolute Gasteiger partial charge is 0.383 e. The van der Waals surface area contributed by atoms with Crippen LogP contribution in [0.2, 0.25) is 0 Å². The van der Waals surface area contributed by atoms with E-state index >= 15 is 0 Å². The van der Waals surface area contributed by atoms with Crippen LogP contribution in [0.4, 0.5) is 10.9 Å². The lowest BCUT2D eigenvalue weighted by molar-refractivity contribution is 1.27. The minimum absolute atomic E-state index is 0.436. The van der Waals surface area contributed by atoms with E-state index in [9.17, 15) is 0 Å². The van der Waals surface area contributed by atoms with Gasteiger partial charge < -0.3 is 11.1 Å². The van der Waals surface area contributed by atoms with Gasteiger partial charge in [0.25, 0.3) is 0 Å². The molecule has 3 aromatic rings. The smallest absolute Gasteiger partial charge is 0.185 e. The Bertz CT molecular complexity index is 884. The van der Waals surface area contributed by atoms with Crippen molar-refractivity contribution in [3.05, 3.63) is 53.5 Å². The Labute approximate surface area is 146 Å². The third-order valence-corrected chi connectivity index (χ3v) is 4.89. The first-order chi connectivity index (χ1) is 11.1. The average molecular weight is 387 g/mol. The van der Waals surface area contributed by atoms with Crippen molar-refractivity contribution in [2.75, 3.05) is 17.6 Å². The van der Waals surface area contributed by atoms with Crippen LogP contribution in [0.15, 0.2) is 48.0 Å². The molecule has 3 rings (SSSR count). The second kappa shape index (κ2) is 6.52. The third-order valence-electron chi connectivity index (χ3n) is 3.34. The summed E-state index contributed by atoms with van der Waals surface area (Å²) in [6.07, 6.45) is 3.54. The Morgan fingerprint density at radius 3 is 2.61 bits per heavy atom. The van der Waals surface area contributed by atoms with E-state index in [1.54, 1.807) is 23.5 Å². The third kappa shape index (κ3) is 3.00. The second-order valence-corrected chi connectivity index (χ2v) is 6.75. The summed E-state index contributed by atoms with van der Waals surface area (Å²) in [5, 5.41) is 4.00. The first-order valence-corrected chi connectivity index (χ1v) is 8.58. The van der Waals surface area contributed by atoms with E-state index in [2.05, 4.69) is 44.4 Å². The van der Waals surface area contributed by atoms with Gasteiger partial charge in [0, 0.05) is 22.1 Å². The summed E-state index contributed by atoms with van der Waals surface area (Å²) in [6, 6.07) is 8.09. The van der Waals surface area contributed by atoms with Gasteiger partial charge in [0.05, 0.1) is 4.70 Å². The molecule has 0 aliphatic heterocycles. The Balaban J connectivity index is 2.26. The number of hydrogen-bond acceptors (Lipinski definition) is 5. The number of thiazole rings is 1. The van der Waals surface area contributed by atoms with E-state index < -0.39 is 0 Å². The zero-order valence-corrected chi connectivity index (χ0v) is 14.7. The van der Waals surface area contributed by atoms with Crippen molar-refractivity contribution in [3.8, 4) is 11.1 Å². The summed E-state index contributed by atoms with van der Waals surface area (Å²) in [7, 11) is 0. The van der Waals surface area contributed by atoms with Crippen molar-refractivity contribution in [2.24, 2.45) is 0 Å². The van der Waals surface area contributed by atoms with E-state index in [1.807, 2.05) is 24.3 Å². The molecule has 6 heteroatoms. The number of nitrogens with one attached hydrogen (secondary N) is 1. The van der Waals surface area contributed by atoms with Crippen LogP contribution in [-0.4, -0.2) is 16.5 Å². The lowest BCUT2D eigenvalue weighted by atomic mass is 10.0. The molecule has 0 unspecified atom stereocenters. The number of halogens is 1. The number of benzene rings is 1. The number of aromatic nitrogens is 2. The zero-order chi connectivity index (χ0) is 16.4. The molecule has 1 aromatic carbocycles. The number of nitrogens with two attached hydrogens (primary N) is 1. The van der Waals surface area contributed by atoms with Crippen molar-refractivity contribution >= 4 is 54.6 Å². The molecule has 0 aliphatic carbocycles. The summed E-state index contributed by atoms with van der Waals surface area (Å²) >= 11 is 5.02. The van der Waals surface area contributed by atoms with Gasteiger partial charge in [-0.25, -0.2) is 9.97 Å². The molecule has 2 heterocycles. The van der Waals surface area contributed by atoms with E-state index in [-0.39, 0.29) is 0 Å². The Hall–Kier alpha value is -2.18. The molecule has 0 radical (unpaired) electrons. The number of nitrogen functional groups attached to an aromatic ring is 1. The molecule has 0 bridgehead atoms. The van der Waals surface area contributed by atoms with Crippen LogP contribution in [0.25, 0.3) is 27.6 Å². The van der Waals surface area contributed by atoms with Crippen LogP contribution in [0.1, 0.15) is 5.56 Å². The molecular formula is C17H15BrN4S. The molecule has 3 N–H and O–H groups in total. The fourth-order valence-electron chi connectivity index (χ4n) is 2.32. The minimum Gasteiger partial charge on any atom is -0.383 e. The average Bonchev–Trinajstić information content (AvgIpc) is 2.94. The molecule has 116 valence electrons. The predicted octanol–water partition coefficient (Wildman–Crippen LogP) is 4.94. The molecule has 0 fully saturated rings. The first-order valence-electron chi connectivity index (χ1n) is 6.97. The molecule has 4 nitrogen and oxygen atoms in total. The van der Waals surface area contributed by atoms with Crippen molar-refractivity contribution < 1.29 is 0 Å². The highest BCUT2D eigenvalue weighted by Gasteiger charge is 2.17. The maximum absolute atomic E-state index is 6.11. The first kappa shape index (κ1) is 15.7. The number of pyridine rings is 1. The van der Waals surface area contributed by atoms with E-state index in [0.29, 0.717) is 18.0 Å². The van der Waals surface area contributed by atoms with E-state index in [1.165, 1.54) is 0 Å². The fraction of sp³-hybridized carbons (Fsp3) is 0.0588. The summed E-state index contributed by atoms with van der Waals surface area (Å²) in [6.45, 7) is 8.24. The summed E-state index contributed by atoms with van der Waals surface area (Å²) in [5.74, 6) is 0.436. The summed E-state index contributed by atoms with van der Waals surface area (Å²) in [4.78, 5) is 8.92. The molecule has 0 amide bonds. The topological polar surface area (TPSA) is 63.8 Å². The van der Waals surface area contributed by atoms with E-state index in [0.717, 1.165) is 31.0 Å². The standard InChI is InChI=1S/C17H15BrN4S/c1-3-9-20-17-22-16-14(23-17)13(12(4-2)15(19)21-16)10-5-7-11(18)8-6-10/h3-8H,1-2,9H2,(H3,19,20,21,22). The lowest BCUT2D eigenvalue weighted by Crippen LogP contribution is -1.98. The van der Waals surface area contributed by atoms with Gasteiger partial charge in [-0.1, -0.05) is 58.1 Å². The van der Waals surface area contributed by atoms with Gasteiger partial charge in [0.15, 0.2) is 10.8 Å². The maximum Gasteiger partial charge on any atom is 0.185 e. The number of fused-ring (bicyclic) bond motifs is 1. The molecule has 0 spiro atoms. The number of anilines is 2. The summed E-state index contributed by atoms with van der Waals surface area (Å²) in [5.41, 5.74) is 9.65. The highest BCUT2D eigenvalue weighted by Crippen LogP contribution is 2.39. The summed E-state index contributed by atoms with van der Waals surface area (Å²) < 4.78 is 2.01. The van der Waals surface area contributed by atoms with Crippen molar-refractivity contribution in [2.45, 2.75) is 0 Å². The number of rotatable bonds is 5. The normalized spacial score (nSPS) is 10.7. The van der Waals surface area contributed by atoms with E-state index in [4.69, 9.17) is 5.73 Å². The zero-order valence-electron chi connectivity index (χ0n) is 12.3. The van der Waals surface area contributed by atoms with Crippen molar-refractivity contribution in [1.82, 2.24) is 9.97 Å². The molecular weight excluding hydrogens is 372 g/mol. The Kier molecular flexibility index (Phi) is 4.45. The molecule has 0 aliphatic rings. The van der Waals surface area contributed by atoms with Crippen LogP contribution < -0.4 is 11.1 Å². The monoisotopic (exact) mass is 386 g/mol. The van der Waals surface area contributed by atoms with Crippen LogP contribution in [-0.2, 0) is 0 Å². The Morgan fingerprint density at radius 1 is 1.22 bits per heavy atom.